The molecule has 2 aromatic heterocycles. The molecule has 176 valence electrons. The molecule has 11 heteroatoms. The van der Waals surface area contributed by atoms with E-state index in [9.17, 15) is 13.2 Å². The second-order valence-corrected chi connectivity index (χ2v) is 10.6. The van der Waals surface area contributed by atoms with Gasteiger partial charge in [0, 0.05) is 9.90 Å². The van der Waals surface area contributed by atoms with Gasteiger partial charge in [-0.1, -0.05) is 23.7 Å². The lowest BCUT2D eigenvalue weighted by atomic mass is 10.1. The van der Waals surface area contributed by atoms with E-state index in [4.69, 9.17) is 16.3 Å². The standard InChI is InChI=1S/C23H21ClN4O4S2/c1-4-32-23(29)19-13(2)14(3)33-22(19)27-20-21(26-18-8-6-5-7-17(18)25-20)28-34(30,31)16-11-9-15(24)10-12-16/h5-12H,4H2,1-3H3,(H,25,27)(H,26,28). The van der Waals surface area contributed by atoms with Gasteiger partial charge in [-0.3, -0.25) is 4.72 Å². The first-order chi connectivity index (χ1) is 16.2. The van der Waals surface area contributed by atoms with Gasteiger partial charge in [-0.25, -0.2) is 23.2 Å². The monoisotopic (exact) mass is 516 g/mol. The molecule has 2 aromatic carbocycles. The molecule has 0 saturated carbocycles. The molecule has 2 N–H and O–H groups in total. The zero-order valence-corrected chi connectivity index (χ0v) is 20.9. The fourth-order valence-corrected chi connectivity index (χ4v) is 5.41. The average Bonchev–Trinajstić information content (AvgIpc) is 3.07. The maximum absolute atomic E-state index is 13.1. The van der Waals surface area contributed by atoms with Crippen LogP contribution in [0.3, 0.4) is 0 Å². The number of carbonyl (C=O) groups is 1. The van der Waals surface area contributed by atoms with Crippen LogP contribution in [0.2, 0.25) is 5.02 Å². The summed E-state index contributed by atoms with van der Waals surface area (Å²) in [6, 6.07) is 12.9. The number of aromatic nitrogens is 2. The number of sulfonamides is 1. The molecule has 0 aliphatic heterocycles. The Morgan fingerprint density at radius 1 is 1.03 bits per heavy atom. The number of nitrogens with zero attached hydrogens (tertiary/aromatic N) is 2. The predicted molar refractivity (Wildman–Crippen MR) is 135 cm³/mol. The molecule has 0 aliphatic rings. The number of benzene rings is 2. The SMILES string of the molecule is CCOC(=O)c1c(Nc2nc3ccccc3nc2NS(=O)(=O)c2ccc(Cl)cc2)sc(C)c1C. The molecule has 0 spiro atoms. The van der Waals surface area contributed by atoms with Crippen molar-refractivity contribution >= 4 is 66.6 Å². The summed E-state index contributed by atoms with van der Waals surface area (Å²) in [4.78, 5) is 22.6. The highest BCUT2D eigenvalue weighted by atomic mass is 35.5. The van der Waals surface area contributed by atoms with Crippen molar-refractivity contribution in [3.05, 3.63) is 69.6 Å². The van der Waals surface area contributed by atoms with E-state index in [-0.39, 0.29) is 23.1 Å². The van der Waals surface area contributed by atoms with Gasteiger partial charge in [0.2, 0.25) is 0 Å². The van der Waals surface area contributed by atoms with Crippen molar-refractivity contribution in [3.8, 4) is 0 Å². The van der Waals surface area contributed by atoms with Crippen LogP contribution in [0.25, 0.3) is 11.0 Å². The van der Waals surface area contributed by atoms with Crippen LogP contribution in [0.15, 0.2) is 53.4 Å². The van der Waals surface area contributed by atoms with Gasteiger partial charge in [0.05, 0.1) is 28.1 Å². The fourth-order valence-electron chi connectivity index (χ4n) is 3.23. The van der Waals surface area contributed by atoms with Gasteiger partial charge in [0.25, 0.3) is 10.0 Å². The molecule has 0 fully saturated rings. The molecule has 34 heavy (non-hydrogen) atoms. The Bertz CT molecular complexity index is 1490. The third-order valence-electron chi connectivity index (χ3n) is 5.02. The molecule has 0 radical (unpaired) electrons. The first-order valence-electron chi connectivity index (χ1n) is 10.3. The van der Waals surface area contributed by atoms with E-state index in [1.807, 2.05) is 19.9 Å². The zero-order chi connectivity index (χ0) is 24.5. The number of anilines is 3. The van der Waals surface area contributed by atoms with Gasteiger partial charge in [-0.15, -0.1) is 11.3 Å². The normalized spacial score (nSPS) is 11.4. The summed E-state index contributed by atoms with van der Waals surface area (Å²) in [6.45, 7) is 5.69. The van der Waals surface area contributed by atoms with Crippen LogP contribution in [0.1, 0.15) is 27.7 Å². The number of aryl methyl sites for hydroxylation is 1. The molecule has 0 aliphatic carbocycles. The molecule has 0 saturated heterocycles. The second-order valence-electron chi connectivity index (χ2n) is 7.30. The van der Waals surface area contributed by atoms with Gasteiger partial charge < -0.3 is 10.1 Å². The van der Waals surface area contributed by atoms with Crippen molar-refractivity contribution in [2.45, 2.75) is 25.7 Å². The minimum Gasteiger partial charge on any atom is -0.462 e. The van der Waals surface area contributed by atoms with E-state index in [1.54, 1.807) is 25.1 Å². The van der Waals surface area contributed by atoms with E-state index < -0.39 is 16.0 Å². The van der Waals surface area contributed by atoms with Crippen molar-refractivity contribution in [1.29, 1.82) is 0 Å². The van der Waals surface area contributed by atoms with E-state index in [1.165, 1.54) is 35.6 Å². The number of thiophene rings is 1. The fraction of sp³-hybridized carbons (Fsp3) is 0.174. The largest absolute Gasteiger partial charge is 0.462 e. The number of para-hydroxylation sites is 2. The summed E-state index contributed by atoms with van der Waals surface area (Å²) < 4.78 is 33.8. The van der Waals surface area contributed by atoms with Crippen molar-refractivity contribution in [1.82, 2.24) is 9.97 Å². The Kier molecular flexibility index (Phi) is 6.74. The highest BCUT2D eigenvalue weighted by Crippen LogP contribution is 2.37. The van der Waals surface area contributed by atoms with E-state index in [0.717, 1.165) is 10.4 Å². The van der Waals surface area contributed by atoms with Gasteiger partial charge >= 0.3 is 5.97 Å². The first-order valence-corrected chi connectivity index (χ1v) is 13.0. The third-order valence-corrected chi connectivity index (χ3v) is 7.75. The molecule has 0 unspecified atom stereocenters. The highest BCUT2D eigenvalue weighted by Gasteiger charge is 2.24. The molecular weight excluding hydrogens is 496 g/mol. The molecule has 8 nitrogen and oxygen atoms in total. The van der Waals surface area contributed by atoms with Crippen LogP contribution in [0.4, 0.5) is 16.6 Å². The summed E-state index contributed by atoms with van der Waals surface area (Å²) >= 11 is 7.24. The zero-order valence-electron chi connectivity index (χ0n) is 18.5. The number of ether oxygens (including phenoxy) is 1. The van der Waals surface area contributed by atoms with Crippen molar-refractivity contribution in [3.63, 3.8) is 0 Å². The summed E-state index contributed by atoms with van der Waals surface area (Å²) in [5.74, 6) is -0.320. The average molecular weight is 517 g/mol. The number of halogens is 1. The predicted octanol–water partition coefficient (Wildman–Crippen LogP) is 5.68. The molecule has 2 heterocycles. The van der Waals surface area contributed by atoms with E-state index in [0.29, 0.717) is 26.6 Å². The lowest BCUT2D eigenvalue weighted by Gasteiger charge is -2.14. The summed E-state index contributed by atoms with van der Waals surface area (Å²) in [7, 11) is -3.99. The number of rotatable bonds is 7. The minimum atomic E-state index is -3.99. The van der Waals surface area contributed by atoms with Crippen LogP contribution in [-0.2, 0) is 14.8 Å². The lowest BCUT2D eigenvalue weighted by molar-refractivity contribution is 0.0527. The third kappa shape index (κ3) is 4.84. The maximum Gasteiger partial charge on any atom is 0.341 e. The molecule has 0 atom stereocenters. The second kappa shape index (κ2) is 9.57. The quantitative estimate of drug-likeness (QED) is 0.304. The Hall–Kier alpha value is -3.21. The summed E-state index contributed by atoms with van der Waals surface area (Å²) in [6.07, 6.45) is 0. The highest BCUT2D eigenvalue weighted by molar-refractivity contribution is 7.92. The number of fused-ring (bicyclic) bond motifs is 1. The van der Waals surface area contributed by atoms with Crippen LogP contribution >= 0.6 is 22.9 Å². The molecule has 4 rings (SSSR count). The molecular formula is C23H21ClN4O4S2. The van der Waals surface area contributed by atoms with Gasteiger partial charge in [0.1, 0.15) is 5.00 Å². The van der Waals surface area contributed by atoms with Crippen molar-refractivity contribution in [2.24, 2.45) is 0 Å². The van der Waals surface area contributed by atoms with Crippen molar-refractivity contribution < 1.29 is 17.9 Å². The Balaban J connectivity index is 1.81. The Morgan fingerprint density at radius 3 is 2.26 bits per heavy atom. The number of hydrogen-bond acceptors (Lipinski definition) is 8. The van der Waals surface area contributed by atoms with Crippen molar-refractivity contribution in [2.75, 3.05) is 16.6 Å². The molecule has 4 aromatic rings. The van der Waals surface area contributed by atoms with Crippen LogP contribution in [0, 0.1) is 13.8 Å². The number of esters is 1. The minimum absolute atomic E-state index is 0.00725. The number of nitrogens with one attached hydrogen (secondary N) is 2. The van der Waals surface area contributed by atoms with E-state index >= 15 is 0 Å². The maximum atomic E-state index is 13.1. The van der Waals surface area contributed by atoms with Crippen LogP contribution in [0.5, 0.6) is 0 Å². The number of carbonyl (C=O) groups excluding carboxylic acids is 1. The lowest BCUT2D eigenvalue weighted by Crippen LogP contribution is -2.16. The van der Waals surface area contributed by atoms with E-state index in [2.05, 4.69) is 20.0 Å². The topological polar surface area (TPSA) is 110 Å². The van der Waals surface area contributed by atoms with Gasteiger partial charge in [0.15, 0.2) is 11.6 Å². The number of hydrogen-bond donors (Lipinski definition) is 2. The van der Waals surface area contributed by atoms with Gasteiger partial charge in [-0.2, -0.15) is 0 Å². The smallest absolute Gasteiger partial charge is 0.341 e. The Morgan fingerprint density at radius 2 is 1.65 bits per heavy atom. The summed E-state index contributed by atoms with van der Waals surface area (Å²) in [5, 5.41) is 4.02. The van der Waals surface area contributed by atoms with Crippen LogP contribution < -0.4 is 10.0 Å². The first kappa shape index (κ1) is 23.9. The molecule has 0 amide bonds. The molecule has 0 bridgehead atoms. The Labute approximate surface area is 206 Å². The summed E-state index contributed by atoms with van der Waals surface area (Å²) in [5.41, 5.74) is 2.22. The van der Waals surface area contributed by atoms with Gasteiger partial charge in [-0.05, 0) is 62.7 Å². The van der Waals surface area contributed by atoms with Crippen LogP contribution in [-0.4, -0.2) is 31.0 Å².